The van der Waals surface area contributed by atoms with Crippen molar-refractivity contribution < 1.29 is 9.84 Å². The lowest BCUT2D eigenvalue weighted by atomic mass is 9.95. The summed E-state index contributed by atoms with van der Waals surface area (Å²) in [7, 11) is 0. The Morgan fingerprint density at radius 3 is 2.58 bits per heavy atom. The summed E-state index contributed by atoms with van der Waals surface area (Å²) in [5.74, 6) is 0.616. The summed E-state index contributed by atoms with van der Waals surface area (Å²) in [4.78, 5) is 0. The quantitative estimate of drug-likeness (QED) is 0.860. The van der Waals surface area contributed by atoms with E-state index in [0.717, 1.165) is 11.1 Å². The molecule has 2 atom stereocenters. The first-order chi connectivity index (χ1) is 9.15. The minimum Gasteiger partial charge on any atom is -0.481 e. The maximum absolute atomic E-state index is 10.2. The average Bonchev–Trinajstić information content (AvgIpc) is 2.38. The van der Waals surface area contributed by atoms with E-state index in [1.165, 1.54) is 0 Å². The Hall–Kier alpha value is -1.22. The van der Waals surface area contributed by atoms with Crippen LogP contribution in [0.3, 0.4) is 0 Å². The highest BCUT2D eigenvalue weighted by Crippen LogP contribution is 2.41. The van der Waals surface area contributed by atoms with Crippen molar-refractivity contribution in [2.45, 2.75) is 18.6 Å². The molecule has 0 unspecified atom stereocenters. The summed E-state index contributed by atoms with van der Waals surface area (Å²) in [6.07, 6.45) is -0.522. The molecule has 1 aliphatic heterocycles. The van der Waals surface area contributed by atoms with Crippen LogP contribution in [0.25, 0.3) is 0 Å². The predicted molar refractivity (Wildman–Crippen MR) is 76.0 cm³/mol. The minimum absolute atomic E-state index is 0.396. The van der Waals surface area contributed by atoms with Gasteiger partial charge in [0.15, 0.2) is 0 Å². The van der Waals surface area contributed by atoms with Crippen LogP contribution in [-0.2, 0) is 6.42 Å². The molecular formula is C15H12Cl2O2. The molecular weight excluding hydrogens is 283 g/mol. The Kier molecular flexibility index (Phi) is 3.40. The van der Waals surface area contributed by atoms with E-state index in [2.05, 4.69) is 0 Å². The van der Waals surface area contributed by atoms with Crippen molar-refractivity contribution >= 4 is 23.2 Å². The molecule has 19 heavy (non-hydrogen) atoms. The van der Waals surface area contributed by atoms with Crippen molar-refractivity contribution in [1.82, 2.24) is 0 Å². The first-order valence-electron chi connectivity index (χ1n) is 6.03. The Labute approximate surface area is 121 Å². The number of aliphatic hydroxyl groups is 1. The van der Waals surface area contributed by atoms with Crippen LogP contribution in [0.4, 0.5) is 0 Å². The van der Waals surface area contributed by atoms with Crippen molar-refractivity contribution in [1.29, 1.82) is 0 Å². The monoisotopic (exact) mass is 294 g/mol. The van der Waals surface area contributed by atoms with Gasteiger partial charge < -0.3 is 9.84 Å². The van der Waals surface area contributed by atoms with E-state index in [0.29, 0.717) is 22.2 Å². The van der Waals surface area contributed by atoms with E-state index in [1.807, 2.05) is 30.3 Å². The molecule has 3 rings (SSSR count). The van der Waals surface area contributed by atoms with Gasteiger partial charge >= 0.3 is 0 Å². The lowest BCUT2D eigenvalue weighted by Crippen LogP contribution is -2.30. The summed E-state index contributed by atoms with van der Waals surface area (Å²) in [6.45, 7) is 0. The highest BCUT2D eigenvalue weighted by molar-refractivity contribution is 6.35. The Bertz CT molecular complexity index is 599. The Morgan fingerprint density at radius 2 is 1.84 bits per heavy atom. The van der Waals surface area contributed by atoms with Crippen LogP contribution in [-0.4, -0.2) is 11.2 Å². The number of fused-ring (bicyclic) bond motifs is 1. The largest absolute Gasteiger partial charge is 0.481 e. The highest BCUT2D eigenvalue weighted by Gasteiger charge is 2.31. The third-order valence-corrected chi connectivity index (χ3v) is 3.74. The molecule has 0 spiro atoms. The molecule has 0 amide bonds. The number of hydrogen-bond donors (Lipinski definition) is 1. The summed E-state index contributed by atoms with van der Waals surface area (Å²) < 4.78 is 5.88. The number of aliphatic hydroxyl groups excluding tert-OH is 1. The normalized spacial score (nSPS) is 21.6. The first-order valence-corrected chi connectivity index (χ1v) is 6.78. The zero-order valence-electron chi connectivity index (χ0n) is 10.0. The molecule has 0 radical (unpaired) electrons. The molecule has 2 nitrogen and oxygen atoms in total. The second-order valence-electron chi connectivity index (χ2n) is 4.60. The SMILES string of the molecule is O[C@@H]1Cc2cc(Cl)cc(Cl)c2O[C@H]1c1ccccc1. The molecule has 4 heteroatoms. The highest BCUT2D eigenvalue weighted by atomic mass is 35.5. The van der Waals surface area contributed by atoms with Crippen LogP contribution in [0, 0.1) is 0 Å². The van der Waals surface area contributed by atoms with E-state index >= 15 is 0 Å². The van der Waals surface area contributed by atoms with Gasteiger partial charge in [-0.25, -0.2) is 0 Å². The Balaban J connectivity index is 2.00. The molecule has 2 aromatic carbocycles. The van der Waals surface area contributed by atoms with E-state index in [9.17, 15) is 5.11 Å². The van der Waals surface area contributed by atoms with Gasteiger partial charge in [0.05, 0.1) is 11.1 Å². The maximum atomic E-state index is 10.2. The fourth-order valence-electron chi connectivity index (χ4n) is 2.37. The number of hydrogen-bond acceptors (Lipinski definition) is 2. The summed E-state index contributed by atoms with van der Waals surface area (Å²) in [6, 6.07) is 13.1. The zero-order valence-corrected chi connectivity index (χ0v) is 11.5. The molecule has 0 bridgehead atoms. The number of halogens is 2. The summed E-state index contributed by atoms with van der Waals surface area (Å²) in [5, 5.41) is 11.3. The molecule has 0 saturated heterocycles. The molecule has 98 valence electrons. The topological polar surface area (TPSA) is 29.5 Å². The van der Waals surface area contributed by atoms with Crippen LogP contribution in [0.1, 0.15) is 17.2 Å². The van der Waals surface area contributed by atoms with E-state index in [1.54, 1.807) is 12.1 Å². The van der Waals surface area contributed by atoms with Crippen LogP contribution < -0.4 is 4.74 Å². The van der Waals surface area contributed by atoms with Crippen molar-refractivity contribution in [3.63, 3.8) is 0 Å². The molecule has 0 aromatic heterocycles. The van der Waals surface area contributed by atoms with Crippen molar-refractivity contribution in [3.8, 4) is 5.75 Å². The average molecular weight is 295 g/mol. The predicted octanol–water partition coefficient (Wildman–Crippen LogP) is 4.03. The number of rotatable bonds is 1. The van der Waals surface area contributed by atoms with Gasteiger partial charge in [-0.2, -0.15) is 0 Å². The van der Waals surface area contributed by atoms with E-state index in [-0.39, 0.29) is 0 Å². The molecule has 0 aliphatic carbocycles. The van der Waals surface area contributed by atoms with Gasteiger partial charge in [0.25, 0.3) is 0 Å². The standard InChI is InChI=1S/C15H12Cl2O2/c16-11-6-10-7-13(18)15(9-4-2-1-3-5-9)19-14(10)12(17)8-11/h1-6,8,13,15,18H,7H2/t13-,15+/m1/s1. The van der Waals surface area contributed by atoms with Crippen molar-refractivity contribution in [2.75, 3.05) is 0 Å². The van der Waals surface area contributed by atoms with E-state index < -0.39 is 12.2 Å². The second-order valence-corrected chi connectivity index (χ2v) is 5.44. The molecule has 1 aliphatic rings. The Morgan fingerprint density at radius 1 is 1.11 bits per heavy atom. The van der Waals surface area contributed by atoms with Gasteiger partial charge in [-0.05, 0) is 23.3 Å². The van der Waals surface area contributed by atoms with Crippen LogP contribution >= 0.6 is 23.2 Å². The summed E-state index contributed by atoms with van der Waals surface area (Å²) >= 11 is 12.1. The van der Waals surface area contributed by atoms with Crippen LogP contribution in [0.5, 0.6) is 5.75 Å². The maximum Gasteiger partial charge on any atom is 0.150 e. The lowest BCUT2D eigenvalue weighted by molar-refractivity contribution is 0.0209. The lowest BCUT2D eigenvalue weighted by Gasteiger charge is -2.31. The third-order valence-electron chi connectivity index (χ3n) is 3.24. The fourth-order valence-corrected chi connectivity index (χ4v) is 2.95. The number of ether oxygens (including phenoxy) is 1. The minimum atomic E-state index is -0.607. The van der Waals surface area contributed by atoms with Gasteiger partial charge in [-0.1, -0.05) is 53.5 Å². The third kappa shape index (κ3) is 2.44. The van der Waals surface area contributed by atoms with Gasteiger partial charge in [0, 0.05) is 11.4 Å². The number of benzene rings is 2. The first kappa shape index (κ1) is 12.8. The van der Waals surface area contributed by atoms with Gasteiger partial charge in [-0.15, -0.1) is 0 Å². The summed E-state index contributed by atoms with van der Waals surface area (Å²) in [5.41, 5.74) is 1.78. The smallest absolute Gasteiger partial charge is 0.150 e. The second kappa shape index (κ2) is 5.04. The van der Waals surface area contributed by atoms with Gasteiger partial charge in [0.1, 0.15) is 11.9 Å². The molecule has 0 fully saturated rings. The van der Waals surface area contributed by atoms with Gasteiger partial charge in [-0.3, -0.25) is 0 Å². The molecule has 2 aromatic rings. The van der Waals surface area contributed by atoms with Gasteiger partial charge in [0.2, 0.25) is 0 Å². The van der Waals surface area contributed by atoms with Crippen LogP contribution in [0.15, 0.2) is 42.5 Å². The molecule has 1 heterocycles. The van der Waals surface area contributed by atoms with Crippen molar-refractivity contribution in [2.24, 2.45) is 0 Å². The zero-order chi connectivity index (χ0) is 13.4. The molecule has 1 N–H and O–H groups in total. The van der Waals surface area contributed by atoms with Crippen molar-refractivity contribution in [3.05, 3.63) is 63.6 Å². The fraction of sp³-hybridized carbons (Fsp3) is 0.200. The molecule has 0 saturated carbocycles. The van der Waals surface area contributed by atoms with Crippen LogP contribution in [0.2, 0.25) is 10.0 Å². The van der Waals surface area contributed by atoms with E-state index in [4.69, 9.17) is 27.9 Å².